The van der Waals surface area contributed by atoms with Gasteiger partial charge >= 0.3 is 0 Å². The molecule has 0 aliphatic carbocycles. The fourth-order valence-electron chi connectivity index (χ4n) is 0.456. The SMILES string of the molecule is [CH2]c1coc(C=O)c1. The molecule has 2 heteroatoms. The number of aldehydes is 1. The maximum Gasteiger partial charge on any atom is 0.185 e. The molecule has 8 heavy (non-hydrogen) atoms. The Morgan fingerprint density at radius 3 is 2.75 bits per heavy atom. The fraction of sp³-hybridized carbons (Fsp3) is 0. The Hall–Kier alpha value is -1.05. The van der Waals surface area contributed by atoms with Crippen LogP contribution in [0, 0.1) is 6.92 Å². The average molecular weight is 109 g/mol. The van der Waals surface area contributed by atoms with Gasteiger partial charge in [0.1, 0.15) is 0 Å². The van der Waals surface area contributed by atoms with Gasteiger partial charge in [0.05, 0.1) is 6.26 Å². The van der Waals surface area contributed by atoms with Gasteiger partial charge in [0.25, 0.3) is 0 Å². The summed E-state index contributed by atoms with van der Waals surface area (Å²) in [6, 6.07) is 1.58. The summed E-state index contributed by atoms with van der Waals surface area (Å²) >= 11 is 0. The standard InChI is InChI=1S/C6H5O2/c1-5-2-6(3-7)8-4-5/h2-4H,1H2. The highest BCUT2D eigenvalue weighted by Crippen LogP contribution is 2.01. The Labute approximate surface area is 47.1 Å². The molecule has 0 aromatic carbocycles. The van der Waals surface area contributed by atoms with E-state index in [1.54, 1.807) is 6.07 Å². The van der Waals surface area contributed by atoms with Crippen molar-refractivity contribution in [2.45, 2.75) is 0 Å². The molecule has 0 bridgehead atoms. The minimum atomic E-state index is 0.329. The van der Waals surface area contributed by atoms with Crippen LogP contribution in [0.2, 0.25) is 0 Å². The average Bonchev–Trinajstić information content (AvgIpc) is 2.14. The second-order valence-corrected chi connectivity index (χ2v) is 1.48. The van der Waals surface area contributed by atoms with Crippen LogP contribution in [-0.2, 0) is 0 Å². The third kappa shape index (κ3) is 0.780. The molecular formula is C6H5O2. The first-order valence-electron chi connectivity index (χ1n) is 2.18. The van der Waals surface area contributed by atoms with Crippen molar-refractivity contribution in [3.05, 3.63) is 30.6 Å². The summed E-state index contributed by atoms with van der Waals surface area (Å²) in [7, 11) is 0. The van der Waals surface area contributed by atoms with E-state index in [0.29, 0.717) is 12.0 Å². The topological polar surface area (TPSA) is 30.2 Å². The van der Waals surface area contributed by atoms with E-state index in [2.05, 4.69) is 11.3 Å². The molecule has 41 valence electrons. The summed E-state index contributed by atoms with van der Waals surface area (Å²) < 4.78 is 4.68. The predicted octanol–water partition coefficient (Wildman–Crippen LogP) is 1.27. The summed E-state index contributed by atoms with van der Waals surface area (Å²) in [4.78, 5) is 9.90. The van der Waals surface area contributed by atoms with Crippen molar-refractivity contribution >= 4 is 6.29 Å². The molecule has 1 radical (unpaired) electrons. The minimum absolute atomic E-state index is 0.329. The van der Waals surface area contributed by atoms with Crippen LogP contribution in [-0.4, -0.2) is 6.29 Å². The molecular weight excluding hydrogens is 104 g/mol. The van der Waals surface area contributed by atoms with Crippen molar-refractivity contribution in [3.63, 3.8) is 0 Å². The molecule has 0 amide bonds. The van der Waals surface area contributed by atoms with Crippen molar-refractivity contribution in [3.8, 4) is 0 Å². The fourth-order valence-corrected chi connectivity index (χ4v) is 0.456. The summed E-state index contributed by atoms with van der Waals surface area (Å²) in [6.45, 7) is 3.54. The van der Waals surface area contributed by atoms with E-state index < -0.39 is 0 Å². The Morgan fingerprint density at radius 1 is 1.75 bits per heavy atom. The molecule has 2 nitrogen and oxygen atoms in total. The molecule has 1 rings (SSSR count). The van der Waals surface area contributed by atoms with Crippen molar-refractivity contribution in [2.24, 2.45) is 0 Å². The lowest BCUT2D eigenvalue weighted by Gasteiger charge is -1.69. The molecule has 0 N–H and O–H groups in total. The second kappa shape index (κ2) is 1.82. The van der Waals surface area contributed by atoms with Crippen LogP contribution in [0.4, 0.5) is 0 Å². The Balaban J connectivity index is 3.00. The van der Waals surface area contributed by atoms with E-state index >= 15 is 0 Å². The number of carbonyl (C=O) groups is 1. The van der Waals surface area contributed by atoms with Gasteiger partial charge in [0.2, 0.25) is 0 Å². The van der Waals surface area contributed by atoms with Crippen LogP contribution in [0.15, 0.2) is 16.7 Å². The van der Waals surface area contributed by atoms with Gasteiger partial charge in [-0.25, -0.2) is 0 Å². The molecule has 0 spiro atoms. The molecule has 0 aliphatic rings. The van der Waals surface area contributed by atoms with E-state index in [0.717, 1.165) is 5.56 Å². The van der Waals surface area contributed by atoms with Gasteiger partial charge in [0.15, 0.2) is 12.0 Å². The van der Waals surface area contributed by atoms with E-state index in [1.165, 1.54) is 6.26 Å². The monoisotopic (exact) mass is 109 g/mol. The maximum absolute atomic E-state index is 9.90. The number of rotatable bonds is 1. The van der Waals surface area contributed by atoms with Crippen LogP contribution in [0.5, 0.6) is 0 Å². The predicted molar refractivity (Wildman–Crippen MR) is 28.6 cm³/mol. The van der Waals surface area contributed by atoms with Crippen molar-refractivity contribution in [1.82, 2.24) is 0 Å². The normalized spacial score (nSPS) is 9.12. The van der Waals surface area contributed by atoms with Crippen LogP contribution in [0.3, 0.4) is 0 Å². The van der Waals surface area contributed by atoms with Gasteiger partial charge < -0.3 is 4.42 Å². The molecule has 0 saturated heterocycles. The van der Waals surface area contributed by atoms with Gasteiger partial charge in [-0.1, -0.05) is 0 Å². The van der Waals surface area contributed by atoms with Crippen molar-refractivity contribution in [2.75, 3.05) is 0 Å². The van der Waals surface area contributed by atoms with Gasteiger partial charge in [0, 0.05) is 0 Å². The quantitative estimate of drug-likeness (QED) is 0.508. The number of furan rings is 1. The summed E-state index contributed by atoms with van der Waals surface area (Å²) in [5, 5.41) is 0. The summed E-state index contributed by atoms with van der Waals surface area (Å²) in [5.74, 6) is 0.329. The first-order valence-corrected chi connectivity index (χ1v) is 2.18. The zero-order valence-electron chi connectivity index (χ0n) is 4.26. The molecule has 1 aromatic rings. The highest BCUT2D eigenvalue weighted by molar-refractivity contribution is 5.70. The first-order chi connectivity index (χ1) is 3.83. The molecule has 1 aromatic heterocycles. The second-order valence-electron chi connectivity index (χ2n) is 1.48. The number of carbonyl (C=O) groups excluding carboxylic acids is 1. The van der Waals surface area contributed by atoms with Gasteiger partial charge in [-0.05, 0) is 18.6 Å². The Morgan fingerprint density at radius 2 is 2.50 bits per heavy atom. The van der Waals surface area contributed by atoms with E-state index in [1.807, 2.05) is 0 Å². The van der Waals surface area contributed by atoms with Gasteiger partial charge in [-0.2, -0.15) is 0 Å². The Bertz CT molecular complexity index is 188. The highest BCUT2D eigenvalue weighted by atomic mass is 16.3. The van der Waals surface area contributed by atoms with Crippen LogP contribution >= 0.6 is 0 Å². The smallest absolute Gasteiger partial charge is 0.185 e. The van der Waals surface area contributed by atoms with E-state index in [4.69, 9.17) is 0 Å². The molecule has 0 atom stereocenters. The highest BCUT2D eigenvalue weighted by Gasteiger charge is 1.91. The third-order valence-electron chi connectivity index (χ3n) is 0.790. The number of hydrogen-bond donors (Lipinski definition) is 0. The van der Waals surface area contributed by atoms with Crippen LogP contribution in [0.1, 0.15) is 16.1 Å². The lowest BCUT2D eigenvalue weighted by Crippen LogP contribution is -1.66. The van der Waals surface area contributed by atoms with Gasteiger partial charge in [-0.3, -0.25) is 4.79 Å². The largest absolute Gasteiger partial charge is 0.461 e. The summed E-state index contributed by atoms with van der Waals surface area (Å²) in [6.07, 6.45) is 2.08. The molecule has 0 unspecified atom stereocenters. The van der Waals surface area contributed by atoms with E-state index in [9.17, 15) is 4.79 Å². The van der Waals surface area contributed by atoms with Crippen molar-refractivity contribution in [1.29, 1.82) is 0 Å². The first kappa shape index (κ1) is 5.09. The Kier molecular flexibility index (Phi) is 1.16. The lowest BCUT2D eigenvalue weighted by molar-refractivity contribution is 0.110. The minimum Gasteiger partial charge on any atom is -0.461 e. The van der Waals surface area contributed by atoms with E-state index in [-0.39, 0.29) is 0 Å². The molecule has 0 aliphatic heterocycles. The third-order valence-corrected chi connectivity index (χ3v) is 0.790. The van der Waals surface area contributed by atoms with Crippen LogP contribution < -0.4 is 0 Å². The lowest BCUT2D eigenvalue weighted by atomic mass is 10.3. The molecule has 0 fully saturated rings. The molecule has 1 heterocycles. The van der Waals surface area contributed by atoms with Gasteiger partial charge in [-0.15, -0.1) is 0 Å². The van der Waals surface area contributed by atoms with Crippen molar-refractivity contribution < 1.29 is 9.21 Å². The number of hydrogen-bond acceptors (Lipinski definition) is 2. The molecule has 0 saturated carbocycles. The van der Waals surface area contributed by atoms with Crippen LogP contribution in [0.25, 0.3) is 0 Å². The zero-order valence-corrected chi connectivity index (χ0v) is 4.26. The summed E-state index contributed by atoms with van der Waals surface area (Å²) in [5.41, 5.74) is 0.729. The maximum atomic E-state index is 9.90. The zero-order chi connectivity index (χ0) is 5.98.